The Morgan fingerprint density at radius 1 is 1.30 bits per heavy atom. The molecular formula is C16H11ClN2O3S. The van der Waals surface area contributed by atoms with Gasteiger partial charge in [0.2, 0.25) is 0 Å². The predicted molar refractivity (Wildman–Crippen MR) is 91.4 cm³/mol. The van der Waals surface area contributed by atoms with Gasteiger partial charge in [-0.1, -0.05) is 58.8 Å². The lowest BCUT2D eigenvalue weighted by Gasteiger charge is -1.99. The molecule has 0 bridgehead atoms. The number of hydrogen-bond donors (Lipinski definition) is 1. The Bertz CT molecular complexity index is 987. The van der Waals surface area contributed by atoms with Gasteiger partial charge >= 0.3 is 5.97 Å². The van der Waals surface area contributed by atoms with Gasteiger partial charge in [-0.25, -0.2) is 9.78 Å². The molecule has 0 saturated carbocycles. The van der Waals surface area contributed by atoms with Crippen molar-refractivity contribution in [1.82, 2.24) is 9.38 Å². The Morgan fingerprint density at radius 3 is 2.65 bits per heavy atom. The first-order valence-corrected chi connectivity index (χ1v) is 7.85. The van der Waals surface area contributed by atoms with Gasteiger partial charge in [0.05, 0.1) is 5.69 Å². The molecule has 3 aromatic rings. The van der Waals surface area contributed by atoms with Crippen LogP contribution in [0.4, 0.5) is 0 Å². The number of thiazole rings is 1. The quantitative estimate of drug-likeness (QED) is 0.786. The number of aryl methyl sites for hydroxylation is 1. The zero-order chi connectivity index (χ0) is 16.6. The number of rotatable bonds is 3. The van der Waals surface area contributed by atoms with E-state index in [0.717, 1.165) is 26.9 Å². The summed E-state index contributed by atoms with van der Waals surface area (Å²) in [6.45, 7) is 2.00. The number of hydrogen-bond acceptors (Lipinski definition) is 4. The van der Waals surface area contributed by atoms with Gasteiger partial charge in [-0.05, 0) is 18.6 Å². The number of fused-ring (bicyclic) bond motifs is 1. The largest absolute Gasteiger partial charge is 0.477 e. The minimum absolute atomic E-state index is 0.0327. The molecule has 0 atom stereocenters. The van der Waals surface area contributed by atoms with Crippen molar-refractivity contribution >= 4 is 46.0 Å². The maximum atomic E-state index is 12.2. The van der Waals surface area contributed by atoms with Gasteiger partial charge in [-0.2, -0.15) is 0 Å². The first-order valence-electron chi connectivity index (χ1n) is 6.65. The third-order valence-corrected chi connectivity index (χ3v) is 4.55. The summed E-state index contributed by atoms with van der Waals surface area (Å²) >= 11 is 6.99. The van der Waals surface area contributed by atoms with E-state index < -0.39 is 11.5 Å². The molecule has 7 heteroatoms. The third-order valence-electron chi connectivity index (χ3n) is 3.22. The smallest absolute Gasteiger partial charge is 0.347 e. The summed E-state index contributed by atoms with van der Waals surface area (Å²) in [5, 5.41) is 8.97. The SMILES string of the molecule is Cc1ccc(C=Cc2nc3sc(C(=O)O)cn3c(=O)c2Cl)cc1. The summed E-state index contributed by atoms with van der Waals surface area (Å²) in [5.41, 5.74) is 1.93. The van der Waals surface area contributed by atoms with E-state index in [0.29, 0.717) is 10.7 Å². The second-order valence-corrected chi connectivity index (χ2v) is 6.30. The molecule has 0 aliphatic carbocycles. The Labute approximate surface area is 140 Å². The van der Waals surface area contributed by atoms with Crippen molar-refractivity contribution in [1.29, 1.82) is 0 Å². The molecular weight excluding hydrogens is 336 g/mol. The summed E-state index contributed by atoms with van der Waals surface area (Å²) in [6, 6.07) is 7.84. The molecule has 116 valence electrons. The average molecular weight is 347 g/mol. The first kappa shape index (κ1) is 15.5. The second-order valence-electron chi connectivity index (χ2n) is 4.91. The monoisotopic (exact) mass is 346 g/mol. The highest BCUT2D eigenvalue weighted by Crippen LogP contribution is 2.19. The maximum Gasteiger partial charge on any atom is 0.347 e. The van der Waals surface area contributed by atoms with Crippen LogP contribution in [0.2, 0.25) is 5.02 Å². The van der Waals surface area contributed by atoms with Crippen LogP contribution >= 0.6 is 22.9 Å². The molecule has 0 spiro atoms. The normalized spacial score (nSPS) is 11.4. The molecule has 0 fully saturated rings. The molecule has 2 heterocycles. The van der Waals surface area contributed by atoms with Gasteiger partial charge in [0, 0.05) is 6.20 Å². The lowest BCUT2D eigenvalue weighted by atomic mass is 10.1. The van der Waals surface area contributed by atoms with Gasteiger partial charge in [0.25, 0.3) is 5.56 Å². The molecule has 0 aliphatic heterocycles. The summed E-state index contributed by atoms with van der Waals surface area (Å²) in [7, 11) is 0. The number of aromatic carboxylic acids is 1. The van der Waals surface area contributed by atoms with Crippen LogP contribution in [0.3, 0.4) is 0 Å². The van der Waals surface area contributed by atoms with Gasteiger partial charge in [0.1, 0.15) is 9.90 Å². The van der Waals surface area contributed by atoms with Crippen molar-refractivity contribution in [2.45, 2.75) is 6.92 Å². The molecule has 0 amide bonds. The highest BCUT2D eigenvalue weighted by atomic mass is 35.5. The molecule has 23 heavy (non-hydrogen) atoms. The van der Waals surface area contributed by atoms with E-state index in [1.807, 2.05) is 31.2 Å². The van der Waals surface area contributed by atoms with Crippen molar-refractivity contribution in [2.75, 3.05) is 0 Å². The van der Waals surface area contributed by atoms with Crippen molar-refractivity contribution < 1.29 is 9.90 Å². The Hall–Kier alpha value is -2.44. The topological polar surface area (TPSA) is 71.7 Å². The van der Waals surface area contributed by atoms with E-state index in [2.05, 4.69) is 4.98 Å². The molecule has 0 unspecified atom stereocenters. The summed E-state index contributed by atoms with van der Waals surface area (Å²) in [4.78, 5) is 27.8. The fourth-order valence-corrected chi connectivity index (χ4v) is 3.01. The number of halogens is 1. The van der Waals surface area contributed by atoms with Gasteiger partial charge in [-0.3, -0.25) is 9.20 Å². The average Bonchev–Trinajstić information content (AvgIpc) is 2.95. The number of carboxylic acids is 1. The minimum atomic E-state index is -1.10. The molecule has 0 aliphatic rings. The van der Waals surface area contributed by atoms with E-state index >= 15 is 0 Å². The summed E-state index contributed by atoms with van der Waals surface area (Å²) < 4.78 is 1.15. The fraction of sp³-hybridized carbons (Fsp3) is 0.0625. The first-order chi connectivity index (χ1) is 11.0. The van der Waals surface area contributed by atoms with Crippen molar-refractivity contribution in [3.8, 4) is 0 Å². The number of nitrogens with zero attached hydrogens (tertiary/aromatic N) is 2. The van der Waals surface area contributed by atoms with Crippen LogP contribution in [0.15, 0.2) is 35.3 Å². The zero-order valence-corrected chi connectivity index (χ0v) is 13.6. The molecule has 0 saturated heterocycles. The van der Waals surface area contributed by atoms with Crippen LogP contribution in [0.5, 0.6) is 0 Å². The lowest BCUT2D eigenvalue weighted by molar-refractivity contribution is 0.0702. The Kier molecular flexibility index (Phi) is 4.02. The van der Waals surface area contributed by atoms with Crippen LogP contribution in [-0.4, -0.2) is 20.5 Å². The highest BCUT2D eigenvalue weighted by Gasteiger charge is 2.14. The van der Waals surface area contributed by atoms with E-state index in [4.69, 9.17) is 16.7 Å². The number of carboxylic acid groups (broad SMARTS) is 1. The van der Waals surface area contributed by atoms with E-state index in [-0.39, 0.29) is 9.90 Å². The third kappa shape index (κ3) is 3.04. The molecule has 0 radical (unpaired) electrons. The minimum Gasteiger partial charge on any atom is -0.477 e. The lowest BCUT2D eigenvalue weighted by Crippen LogP contribution is -2.14. The summed E-state index contributed by atoms with van der Waals surface area (Å²) in [6.07, 6.45) is 4.68. The van der Waals surface area contributed by atoms with E-state index in [9.17, 15) is 9.59 Å². The van der Waals surface area contributed by atoms with Gasteiger partial charge in [0.15, 0.2) is 4.96 Å². The molecule has 3 rings (SSSR count). The van der Waals surface area contributed by atoms with E-state index in [1.165, 1.54) is 6.20 Å². The standard InChI is InChI=1S/C16H11ClN2O3S/c1-9-2-4-10(5-3-9)6-7-11-13(17)14(20)19-8-12(15(21)22)23-16(19)18-11/h2-8H,1H3,(H,21,22). The van der Waals surface area contributed by atoms with E-state index in [1.54, 1.807) is 12.2 Å². The molecule has 2 aromatic heterocycles. The van der Waals surface area contributed by atoms with Crippen molar-refractivity contribution in [3.05, 3.63) is 67.5 Å². The van der Waals surface area contributed by atoms with Gasteiger partial charge in [-0.15, -0.1) is 0 Å². The van der Waals surface area contributed by atoms with Crippen molar-refractivity contribution in [2.24, 2.45) is 0 Å². The Balaban J connectivity index is 2.07. The maximum absolute atomic E-state index is 12.2. The number of benzene rings is 1. The zero-order valence-electron chi connectivity index (χ0n) is 12.0. The van der Waals surface area contributed by atoms with Crippen LogP contribution in [-0.2, 0) is 0 Å². The number of carbonyl (C=O) groups is 1. The van der Waals surface area contributed by atoms with Crippen LogP contribution < -0.4 is 5.56 Å². The molecule has 5 nitrogen and oxygen atoms in total. The van der Waals surface area contributed by atoms with Crippen LogP contribution in [0.1, 0.15) is 26.5 Å². The predicted octanol–water partition coefficient (Wildman–Crippen LogP) is 3.59. The second kappa shape index (κ2) is 5.98. The molecule has 1 N–H and O–H groups in total. The summed E-state index contributed by atoms with van der Waals surface area (Å²) in [5.74, 6) is -1.10. The van der Waals surface area contributed by atoms with Crippen LogP contribution in [0, 0.1) is 6.92 Å². The van der Waals surface area contributed by atoms with Gasteiger partial charge < -0.3 is 5.11 Å². The highest BCUT2D eigenvalue weighted by molar-refractivity contribution is 7.18. The Morgan fingerprint density at radius 2 is 2.00 bits per heavy atom. The molecule has 1 aromatic carbocycles. The van der Waals surface area contributed by atoms with Crippen LogP contribution in [0.25, 0.3) is 17.1 Å². The number of aromatic nitrogens is 2. The van der Waals surface area contributed by atoms with Crippen molar-refractivity contribution in [3.63, 3.8) is 0 Å². The fourth-order valence-electron chi connectivity index (χ4n) is 2.00.